The van der Waals surface area contributed by atoms with Crippen molar-refractivity contribution in [1.29, 1.82) is 0 Å². The van der Waals surface area contributed by atoms with Crippen molar-refractivity contribution in [3.63, 3.8) is 0 Å². The highest BCUT2D eigenvalue weighted by molar-refractivity contribution is 5.77. The number of aromatic nitrogens is 6. The fourth-order valence-corrected chi connectivity index (χ4v) is 16.4. The van der Waals surface area contributed by atoms with Gasteiger partial charge in [-0.2, -0.15) is 0 Å². The van der Waals surface area contributed by atoms with Crippen LogP contribution in [0.2, 0.25) is 0 Å². The van der Waals surface area contributed by atoms with E-state index in [0.29, 0.717) is 49.9 Å². The van der Waals surface area contributed by atoms with Gasteiger partial charge in [0.25, 0.3) is 0 Å². The van der Waals surface area contributed by atoms with Crippen molar-refractivity contribution < 1.29 is 152 Å². The van der Waals surface area contributed by atoms with E-state index in [-0.39, 0.29) is 103 Å². The summed E-state index contributed by atoms with van der Waals surface area (Å²) in [6.45, 7) is 6.48. The van der Waals surface area contributed by atoms with Gasteiger partial charge in [0.1, 0.15) is 110 Å². The third-order valence-corrected chi connectivity index (χ3v) is 22.8. The number of ether oxygens (including phenoxy) is 15. The van der Waals surface area contributed by atoms with E-state index >= 15 is 0 Å². The molecule has 0 bridgehead atoms. The maximum atomic E-state index is 14.1. The Morgan fingerprint density at radius 3 is 1.15 bits per heavy atom. The first kappa shape index (κ1) is 90.5. The van der Waals surface area contributed by atoms with E-state index in [1.54, 1.807) is 0 Å². The fraction of sp³-hybridized carbons (Fsp3) is 0.892. The summed E-state index contributed by atoms with van der Waals surface area (Å²) in [5, 5.41) is 151. The number of hydrogen-bond donors (Lipinski definition) is 14. The predicted octanol–water partition coefficient (Wildman–Crippen LogP) is -1.77. The van der Waals surface area contributed by atoms with E-state index in [1.165, 1.54) is 35.6 Å². The van der Waals surface area contributed by atoms with Crippen LogP contribution in [0.5, 0.6) is 0 Å². The first-order chi connectivity index (χ1) is 54.4. The van der Waals surface area contributed by atoms with Crippen LogP contribution in [0.3, 0.4) is 0 Å². The summed E-state index contributed by atoms with van der Waals surface area (Å²) >= 11 is 0. The minimum atomic E-state index is -1.64. The molecule has 39 nitrogen and oxygen atoms in total. The number of amides is 2. The molecule has 4 aliphatic carbocycles. The van der Waals surface area contributed by atoms with Gasteiger partial charge in [0.2, 0.25) is 11.8 Å². The van der Waals surface area contributed by atoms with Crippen LogP contribution in [-0.4, -0.2) is 340 Å². The Morgan fingerprint density at radius 2 is 0.796 bits per heavy atom. The van der Waals surface area contributed by atoms with Crippen LogP contribution in [0.25, 0.3) is 0 Å². The summed E-state index contributed by atoms with van der Waals surface area (Å²) in [5.74, 6) is -4.19. The van der Waals surface area contributed by atoms with Gasteiger partial charge in [0, 0.05) is 0 Å². The molecule has 12 unspecified atom stereocenters. The third-order valence-electron chi connectivity index (χ3n) is 22.8. The number of carboxylic acid groups (broad SMARTS) is 2. The molecule has 2 aromatic rings. The van der Waals surface area contributed by atoms with E-state index in [2.05, 4.69) is 31.3 Å². The van der Waals surface area contributed by atoms with Crippen LogP contribution in [0.1, 0.15) is 155 Å². The second-order valence-corrected chi connectivity index (χ2v) is 31.4. The fourth-order valence-electron chi connectivity index (χ4n) is 16.4. The minimum absolute atomic E-state index is 0.0155. The minimum Gasteiger partial charge on any atom is -0.479 e. The molecule has 14 N–H and O–H groups in total. The molecule has 8 aliphatic rings. The number of hydrogen-bond acceptors (Lipinski definition) is 33. The molecule has 4 aliphatic heterocycles. The summed E-state index contributed by atoms with van der Waals surface area (Å²) in [5.41, 5.74) is 0.769. The summed E-state index contributed by atoms with van der Waals surface area (Å²) in [6, 6.07) is -2.73. The summed E-state index contributed by atoms with van der Waals surface area (Å²) in [4.78, 5) is 53.9. The van der Waals surface area contributed by atoms with Gasteiger partial charge in [0.15, 0.2) is 37.4 Å². The average molecular weight is 1620 g/mol. The zero-order valence-electron chi connectivity index (χ0n) is 64.9. The smallest absolute Gasteiger partial charge is 0.332 e. The summed E-state index contributed by atoms with van der Waals surface area (Å²) < 4.78 is 93.5. The van der Waals surface area contributed by atoms with Crippen molar-refractivity contribution >= 4 is 23.8 Å². The first-order valence-electron chi connectivity index (χ1n) is 40.3. The van der Waals surface area contributed by atoms with Gasteiger partial charge in [0.05, 0.1) is 128 Å². The molecule has 10 rings (SSSR count). The van der Waals surface area contributed by atoms with E-state index in [0.717, 1.165) is 64.2 Å². The van der Waals surface area contributed by atoms with Gasteiger partial charge in [-0.3, -0.25) is 9.59 Å². The molecule has 4 saturated heterocycles. The van der Waals surface area contributed by atoms with Crippen molar-refractivity contribution in [2.24, 2.45) is 23.7 Å². The normalized spacial score (nSPS) is 36.2. The van der Waals surface area contributed by atoms with Crippen molar-refractivity contribution in [2.75, 3.05) is 66.1 Å². The zero-order valence-corrected chi connectivity index (χ0v) is 64.9. The maximum Gasteiger partial charge on any atom is 0.332 e. The molecular weight excluding hydrogens is 1500 g/mol. The molecule has 0 spiro atoms. The van der Waals surface area contributed by atoms with Gasteiger partial charge in [-0.1, -0.05) is 101 Å². The molecule has 39 heteroatoms. The lowest BCUT2D eigenvalue weighted by molar-refractivity contribution is -0.336. The number of aliphatic carboxylic acids is 2. The van der Waals surface area contributed by atoms with Gasteiger partial charge in [-0.25, -0.2) is 19.0 Å². The van der Waals surface area contributed by atoms with Crippen LogP contribution in [-0.2, 0) is 117 Å². The standard InChI is InChI=1S/C74H122N8O31/c1-39-13-11-19-47(65(39)112-73-63(93)61(91)57(87)41(3)104-73)108-71-55(67(59(89)51(35-83)110-71)106-49(69(95)96)29-43-15-7-5-8-16-43)75-53(85)33-81-31-45(77-79-81)37-102-27-25-100-23-21-99-22-24-101-26-28-103-38-46-32-82(80-78-46)34-54(86)76-56-68(107-50(70(97)98)30-44-17-9-6-10-18-44)60(90)52(36-84)111-72(56)109-48-20-12-14-40(2)66(48)113-74-64(94)62(92)58(88)42(4)105-74/h31-32,39-44,47-52,55-68,71-74,83-84,87-94H,5-30,33-38H2,1-4H3,(H,75,85)(H,76,86)(H,95,96)(H,97,98)/t39-,40-,41?,42?,47-,48-,49+,50+,51?,52?,55?,56?,57-,58?,59+,60+,61+,62+,63?,64+,65?,66?,67?,68?,71-,72-,73+,74+/m1/s1. The third kappa shape index (κ3) is 25.6. The quantitative estimate of drug-likeness (QED) is 0.0327. The number of carbonyl (C=O) groups excluding carboxylic acids is 2. The predicted molar refractivity (Wildman–Crippen MR) is 384 cm³/mol. The molecule has 2 aromatic heterocycles. The van der Waals surface area contributed by atoms with Crippen molar-refractivity contribution in [3.05, 3.63) is 23.8 Å². The second kappa shape index (κ2) is 44.8. The molecule has 28 atom stereocenters. The molecule has 0 radical (unpaired) electrons. The lowest BCUT2D eigenvalue weighted by atomic mass is 9.85. The van der Waals surface area contributed by atoms with E-state index < -0.39 is 209 Å². The topological polar surface area (TPSA) is 535 Å². The Labute approximate surface area is 656 Å². The van der Waals surface area contributed by atoms with Crippen molar-refractivity contribution in [1.82, 2.24) is 40.6 Å². The Kier molecular flexibility index (Phi) is 35.9. The molecule has 8 fully saturated rings. The Bertz CT molecular complexity index is 2960. The highest BCUT2D eigenvalue weighted by Crippen LogP contribution is 2.40. The van der Waals surface area contributed by atoms with E-state index in [1.807, 2.05) is 13.8 Å². The van der Waals surface area contributed by atoms with Crippen LogP contribution in [0.4, 0.5) is 0 Å². The average Bonchev–Trinajstić information content (AvgIpc) is 1.24. The van der Waals surface area contributed by atoms with Gasteiger partial charge < -0.3 is 143 Å². The highest BCUT2D eigenvalue weighted by atomic mass is 16.7. The molecule has 644 valence electrons. The molecule has 0 aromatic carbocycles. The molecule has 6 heterocycles. The number of carbonyl (C=O) groups is 4. The van der Waals surface area contributed by atoms with Gasteiger partial charge in [-0.15, -0.1) is 10.2 Å². The summed E-state index contributed by atoms with van der Waals surface area (Å²) in [7, 11) is 0. The monoisotopic (exact) mass is 1620 g/mol. The lowest BCUT2D eigenvalue weighted by Crippen LogP contribution is -2.67. The number of aliphatic hydroxyl groups is 10. The van der Waals surface area contributed by atoms with Crippen LogP contribution in [0.15, 0.2) is 12.4 Å². The molecule has 113 heavy (non-hydrogen) atoms. The zero-order chi connectivity index (χ0) is 80.8. The lowest BCUT2D eigenvalue weighted by Gasteiger charge is -2.48. The summed E-state index contributed by atoms with van der Waals surface area (Å²) in [6.07, 6.45) is -15.6. The van der Waals surface area contributed by atoms with Crippen LogP contribution >= 0.6 is 0 Å². The van der Waals surface area contributed by atoms with Crippen LogP contribution in [0, 0.1) is 23.7 Å². The van der Waals surface area contributed by atoms with E-state index in [4.69, 9.17) is 71.1 Å². The maximum absolute atomic E-state index is 14.1. The number of aliphatic hydroxyl groups excluding tert-OH is 10. The molecule has 2 amide bonds. The SMILES string of the molecule is CC1O[C@@H](OC2[C@H](C)CCC[C@H]2O[C@@H]2OC(CO)[C@H](O)C(O[C@@H](CC3CCCCC3)C(=O)O)C2NC(=O)Cn2cc(COCCOCCOCCOCCOCc3cn(CC(=O)NC4C(O[C@@H](CC5CCCCC5)C(=O)O)[C@@H](O)C(CO)O[C@H]4O[C@@H]4CCC[C@@H](C)C4O[C@@H]4OC(C)[C@@H](O)[C@H](O)C4O)nn3)nn2)[C@@H](O)[C@@H](O)C1O. The highest BCUT2D eigenvalue weighted by Gasteiger charge is 2.55. The van der Waals surface area contributed by atoms with Crippen molar-refractivity contribution in [3.8, 4) is 0 Å². The largest absolute Gasteiger partial charge is 0.479 e. The Morgan fingerprint density at radius 1 is 0.434 bits per heavy atom. The van der Waals surface area contributed by atoms with Crippen LogP contribution < -0.4 is 10.6 Å². The number of carboxylic acids is 2. The Balaban J connectivity index is 0.636. The molecule has 4 saturated carbocycles. The van der Waals surface area contributed by atoms with Gasteiger partial charge >= 0.3 is 11.9 Å². The Hall–Kier alpha value is -4.84. The number of nitrogens with zero attached hydrogens (tertiary/aromatic N) is 6. The number of rotatable bonds is 42. The van der Waals surface area contributed by atoms with E-state index in [9.17, 15) is 80.5 Å². The van der Waals surface area contributed by atoms with Gasteiger partial charge in [-0.05, 0) is 76.0 Å². The second-order valence-electron chi connectivity index (χ2n) is 31.4. The van der Waals surface area contributed by atoms with Crippen molar-refractivity contribution in [2.45, 2.75) is 329 Å². The molecular formula is C74H122N8O31. The first-order valence-corrected chi connectivity index (χ1v) is 40.3. The number of nitrogens with one attached hydrogen (secondary N) is 2.